The summed E-state index contributed by atoms with van der Waals surface area (Å²) in [5.41, 5.74) is 2.20. The molecule has 2 N–H and O–H groups in total. The number of para-hydroxylation sites is 1. The molecule has 0 bridgehead atoms. The van der Waals surface area contributed by atoms with Gasteiger partial charge in [-0.25, -0.2) is 0 Å². The lowest BCUT2D eigenvalue weighted by atomic mass is 10.1. The third-order valence-electron chi connectivity index (χ3n) is 3.52. The maximum atomic E-state index is 12.3. The molecule has 0 fully saturated rings. The molecule has 4 nitrogen and oxygen atoms in total. The second-order valence-corrected chi connectivity index (χ2v) is 5.80. The molecule has 0 saturated carbocycles. The minimum Gasteiger partial charge on any atom is -0.322 e. The Labute approximate surface area is 150 Å². The summed E-state index contributed by atoms with van der Waals surface area (Å²) in [6, 6.07) is 22.5. The molecule has 3 aromatic rings. The SMILES string of the molecule is O=C(Nc1cccc(C(=O)Nc2ccccc2)c1)c1ccc(Cl)cc1. The number of benzene rings is 3. The summed E-state index contributed by atoms with van der Waals surface area (Å²) in [5, 5.41) is 6.15. The van der Waals surface area contributed by atoms with Crippen molar-refractivity contribution in [3.63, 3.8) is 0 Å². The summed E-state index contributed by atoms with van der Waals surface area (Å²) in [7, 11) is 0. The Morgan fingerprint density at radius 2 is 1.24 bits per heavy atom. The smallest absolute Gasteiger partial charge is 0.255 e. The Balaban J connectivity index is 1.71. The first-order valence-electron chi connectivity index (χ1n) is 7.65. The van der Waals surface area contributed by atoms with Gasteiger partial charge in [0.15, 0.2) is 0 Å². The van der Waals surface area contributed by atoms with Crippen molar-refractivity contribution in [2.24, 2.45) is 0 Å². The van der Waals surface area contributed by atoms with E-state index in [1.54, 1.807) is 48.5 Å². The van der Waals surface area contributed by atoms with Crippen LogP contribution in [0.5, 0.6) is 0 Å². The Hall–Kier alpha value is -3.11. The van der Waals surface area contributed by atoms with Gasteiger partial charge in [0.25, 0.3) is 11.8 Å². The first-order valence-corrected chi connectivity index (χ1v) is 8.03. The van der Waals surface area contributed by atoms with Crippen LogP contribution in [-0.4, -0.2) is 11.8 Å². The standard InChI is InChI=1S/C20H15ClN2O2/c21-16-11-9-14(10-12-16)19(24)23-18-8-4-5-15(13-18)20(25)22-17-6-2-1-3-7-17/h1-13H,(H,22,25)(H,23,24). The van der Waals surface area contributed by atoms with Crippen LogP contribution in [-0.2, 0) is 0 Å². The molecular weight excluding hydrogens is 336 g/mol. The van der Waals surface area contributed by atoms with Crippen LogP contribution in [0.2, 0.25) is 5.02 Å². The van der Waals surface area contributed by atoms with Gasteiger partial charge in [0.2, 0.25) is 0 Å². The lowest BCUT2D eigenvalue weighted by molar-refractivity contribution is 0.101. The highest BCUT2D eigenvalue weighted by Crippen LogP contribution is 2.16. The van der Waals surface area contributed by atoms with E-state index < -0.39 is 0 Å². The molecular formula is C20H15ClN2O2. The summed E-state index contributed by atoms with van der Waals surface area (Å²) >= 11 is 5.82. The van der Waals surface area contributed by atoms with Gasteiger partial charge in [0, 0.05) is 27.5 Å². The number of hydrogen-bond acceptors (Lipinski definition) is 2. The van der Waals surface area contributed by atoms with Crippen LogP contribution >= 0.6 is 11.6 Å². The Bertz CT molecular complexity index is 893. The molecule has 0 spiro atoms. The Morgan fingerprint density at radius 3 is 1.96 bits per heavy atom. The molecule has 25 heavy (non-hydrogen) atoms. The molecule has 0 radical (unpaired) electrons. The zero-order chi connectivity index (χ0) is 17.6. The van der Waals surface area contributed by atoms with Crippen LogP contribution in [0.1, 0.15) is 20.7 Å². The van der Waals surface area contributed by atoms with Crippen molar-refractivity contribution in [1.29, 1.82) is 0 Å². The van der Waals surface area contributed by atoms with E-state index >= 15 is 0 Å². The zero-order valence-corrected chi connectivity index (χ0v) is 14.0. The van der Waals surface area contributed by atoms with Crippen LogP contribution in [0.15, 0.2) is 78.9 Å². The second-order valence-electron chi connectivity index (χ2n) is 5.36. The number of halogens is 1. The van der Waals surface area contributed by atoms with Gasteiger partial charge < -0.3 is 10.6 Å². The molecule has 2 amide bonds. The fourth-order valence-electron chi connectivity index (χ4n) is 2.27. The monoisotopic (exact) mass is 350 g/mol. The largest absolute Gasteiger partial charge is 0.322 e. The summed E-state index contributed by atoms with van der Waals surface area (Å²) in [4.78, 5) is 24.6. The van der Waals surface area contributed by atoms with Crippen LogP contribution in [0.4, 0.5) is 11.4 Å². The quantitative estimate of drug-likeness (QED) is 0.707. The summed E-state index contributed by atoms with van der Waals surface area (Å²) in [6.45, 7) is 0. The van der Waals surface area contributed by atoms with Crippen molar-refractivity contribution in [2.75, 3.05) is 10.6 Å². The molecule has 0 aliphatic rings. The van der Waals surface area contributed by atoms with Gasteiger partial charge >= 0.3 is 0 Å². The third-order valence-corrected chi connectivity index (χ3v) is 3.77. The number of hydrogen-bond donors (Lipinski definition) is 2. The van der Waals surface area contributed by atoms with Gasteiger partial charge in [-0.05, 0) is 54.6 Å². The van der Waals surface area contributed by atoms with Gasteiger partial charge in [0.1, 0.15) is 0 Å². The van der Waals surface area contributed by atoms with E-state index in [0.29, 0.717) is 27.5 Å². The van der Waals surface area contributed by atoms with Crippen LogP contribution in [0, 0.1) is 0 Å². The number of rotatable bonds is 4. The van der Waals surface area contributed by atoms with E-state index in [9.17, 15) is 9.59 Å². The molecule has 3 aromatic carbocycles. The fourth-order valence-corrected chi connectivity index (χ4v) is 2.39. The van der Waals surface area contributed by atoms with Crippen molar-refractivity contribution in [2.45, 2.75) is 0 Å². The minimum atomic E-state index is -0.266. The molecule has 0 unspecified atom stereocenters. The molecule has 0 heterocycles. The average Bonchev–Trinajstić information content (AvgIpc) is 2.63. The Morgan fingerprint density at radius 1 is 0.640 bits per heavy atom. The first-order chi connectivity index (χ1) is 12.1. The van der Waals surface area contributed by atoms with Crippen molar-refractivity contribution in [3.8, 4) is 0 Å². The third kappa shape index (κ3) is 4.46. The van der Waals surface area contributed by atoms with Crippen molar-refractivity contribution in [3.05, 3.63) is 95.0 Å². The maximum absolute atomic E-state index is 12.3. The topological polar surface area (TPSA) is 58.2 Å². The van der Waals surface area contributed by atoms with Crippen LogP contribution < -0.4 is 10.6 Å². The van der Waals surface area contributed by atoms with Gasteiger partial charge in [0.05, 0.1) is 0 Å². The first kappa shape index (κ1) is 16.7. The van der Waals surface area contributed by atoms with E-state index in [0.717, 1.165) is 0 Å². The van der Waals surface area contributed by atoms with E-state index in [1.807, 2.05) is 30.3 Å². The lowest BCUT2D eigenvalue weighted by Gasteiger charge is -2.08. The molecule has 0 saturated heterocycles. The van der Waals surface area contributed by atoms with E-state index in [-0.39, 0.29) is 11.8 Å². The highest BCUT2D eigenvalue weighted by molar-refractivity contribution is 6.30. The van der Waals surface area contributed by atoms with Crippen molar-refractivity contribution < 1.29 is 9.59 Å². The van der Waals surface area contributed by atoms with E-state index in [2.05, 4.69) is 10.6 Å². The van der Waals surface area contributed by atoms with Crippen LogP contribution in [0.25, 0.3) is 0 Å². The molecule has 0 aliphatic heterocycles. The number of anilines is 2. The number of carbonyl (C=O) groups is 2. The van der Waals surface area contributed by atoms with Gasteiger partial charge in [-0.2, -0.15) is 0 Å². The predicted octanol–water partition coefficient (Wildman–Crippen LogP) is 4.84. The Kier molecular flexibility index (Phi) is 5.11. The number of amides is 2. The summed E-state index contributed by atoms with van der Waals surface area (Å²) < 4.78 is 0. The molecule has 0 atom stereocenters. The maximum Gasteiger partial charge on any atom is 0.255 e. The molecule has 124 valence electrons. The van der Waals surface area contributed by atoms with E-state index in [4.69, 9.17) is 11.6 Å². The minimum absolute atomic E-state index is 0.242. The normalized spacial score (nSPS) is 10.1. The number of nitrogens with one attached hydrogen (secondary N) is 2. The summed E-state index contributed by atoms with van der Waals surface area (Å²) in [5.74, 6) is -0.508. The fraction of sp³-hybridized carbons (Fsp3) is 0. The van der Waals surface area contributed by atoms with Gasteiger partial charge in [-0.15, -0.1) is 0 Å². The van der Waals surface area contributed by atoms with Crippen molar-refractivity contribution >= 4 is 34.8 Å². The highest BCUT2D eigenvalue weighted by Gasteiger charge is 2.09. The second kappa shape index (κ2) is 7.64. The average molecular weight is 351 g/mol. The molecule has 0 aromatic heterocycles. The van der Waals surface area contributed by atoms with Gasteiger partial charge in [-0.3, -0.25) is 9.59 Å². The zero-order valence-electron chi connectivity index (χ0n) is 13.2. The van der Waals surface area contributed by atoms with E-state index in [1.165, 1.54) is 0 Å². The lowest BCUT2D eigenvalue weighted by Crippen LogP contribution is -2.14. The molecule has 5 heteroatoms. The summed E-state index contributed by atoms with van der Waals surface area (Å²) in [6.07, 6.45) is 0. The molecule has 0 aliphatic carbocycles. The van der Waals surface area contributed by atoms with Gasteiger partial charge in [-0.1, -0.05) is 35.9 Å². The molecule has 3 rings (SSSR count). The number of carbonyl (C=O) groups excluding carboxylic acids is 2. The van der Waals surface area contributed by atoms with Crippen LogP contribution in [0.3, 0.4) is 0 Å². The van der Waals surface area contributed by atoms with Crippen molar-refractivity contribution in [1.82, 2.24) is 0 Å². The highest BCUT2D eigenvalue weighted by atomic mass is 35.5. The predicted molar refractivity (Wildman–Crippen MR) is 100 cm³/mol.